The van der Waals surface area contributed by atoms with Crippen LogP contribution in [0.25, 0.3) is 11.1 Å². The van der Waals surface area contributed by atoms with E-state index < -0.39 is 10.9 Å². The summed E-state index contributed by atoms with van der Waals surface area (Å²) in [7, 11) is 1.54. The highest BCUT2D eigenvalue weighted by atomic mass is 16.6. The van der Waals surface area contributed by atoms with Gasteiger partial charge in [0.05, 0.1) is 17.6 Å². The Labute approximate surface area is 120 Å². The molecule has 0 unspecified atom stereocenters. The van der Waals surface area contributed by atoms with Crippen molar-refractivity contribution in [2.45, 2.75) is 6.61 Å². The molecule has 6 heteroatoms. The van der Waals surface area contributed by atoms with Crippen LogP contribution in [-0.2, 0) is 11.3 Å². The summed E-state index contributed by atoms with van der Waals surface area (Å²) in [4.78, 5) is 22.4. The zero-order valence-corrected chi connectivity index (χ0v) is 11.2. The zero-order chi connectivity index (χ0) is 15.0. The molecule has 21 heavy (non-hydrogen) atoms. The molecular weight excluding hydrogens is 274 g/mol. The van der Waals surface area contributed by atoms with Gasteiger partial charge in [-0.05, 0) is 12.1 Å². The number of esters is 1. The van der Waals surface area contributed by atoms with E-state index in [-0.39, 0.29) is 17.9 Å². The Morgan fingerprint density at radius 1 is 1.24 bits per heavy atom. The van der Waals surface area contributed by atoms with E-state index in [4.69, 9.17) is 9.47 Å². The van der Waals surface area contributed by atoms with Crippen LogP contribution in [0.15, 0.2) is 36.4 Å². The van der Waals surface area contributed by atoms with Crippen molar-refractivity contribution in [3.63, 3.8) is 0 Å². The predicted octanol–water partition coefficient (Wildman–Crippen LogP) is 2.94. The Balaban J connectivity index is 2.31. The number of fused-ring (bicyclic) bond motifs is 3. The van der Waals surface area contributed by atoms with Crippen LogP contribution in [0.1, 0.15) is 15.9 Å². The number of nitrogens with zero attached hydrogens (tertiary/aromatic N) is 1. The molecule has 0 N–H and O–H groups in total. The van der Waals surface area contributed by atoms with Gasteiger partial charge in [0.15, 0.2) is 0 Å². The van der Waals surface area contributed by atoms with Gasteiger partial charge >= 0.3 is 5.97 Å². The van der Waals surface area contributed by atoms with Crippen molar-refractivity contribution in [1.29, 1.82) is 0 Å². The van der Waals surface area contributed by atoms with Gasteiger partial charge in [-0.2, -0.15) is 0 Å². The number of carbonyl (C=O) groups is 1. The van der Waals surface area contributed by atoms with Crippen LogP contribution >= 0.6 is 0 Å². The van der Waals surface area contributed by atoms with Crippen LogP contribution < -0.4 is 4.74 Å². The van der Waals surface area contributed by atoms with Crippen molar-refractivity contribution >= 4 is 11.7 Å². The van der Waals surface area contributed by atoms with Crippen molar-refractivity contribution in [2.75, 3.05) is 7.11 Å². The number of hydrogen-bond donors (Lipinski definition) is 0. The molecule has 0 atom stereocenters. The molecule has 2 aromatic carbocycles. The third kappa shape index (κ3) is 2.10. The summed E-state index contributed by atoms with van der Waals surface area (Å²) in [6, 6.07) is 9.58. The SMILES string of the molecule is COc1cccc2c1-c1ccc([N+](=O)[O-])cc1C(=O)OC2. The minimum atomic E-state index is -0.577. The predicted molar refractivity (Wildman–Crippen MR) is 74.2 cm³/mol. The Kier molecular flexibility index (Phi) is 3.06. The number of methoxy groups -OCH3 is 1. The Morgan fingerprint density at radius 2 is 2.05 bits per heavy atom. The molecule has 1 aliphatic rings. The zero-order valence-electron chi connectivity index (χ0n) is 11.2. The van der Waals surface area contributed by atoms with E-state index in [1.165, 1.54) is 19.2 Å². The summed E-state index contributed by atoms with van der Waals surface area (Å²) in [5.74, 6) is 0.0212. The second kappa shape index (κ2) is 4.90. The highest BCUT2D eigenvalue weighted by molar-refractivity contribution is 6.00. The molecule has 3 rings (SSSR count). The van der Waals surface area contributed by atoms with Crippen molar-refractivity contribution in [3.8, 4) is 16.9 Å². The highest BCUT2D eigenvalue weighted by Gasteiger charge is 2.26. The molecule has 0 spiro atoms. The molecule has 0 saturated carbocycles. The lowest BCUT2D eigenvalue weighted by molar-refractivity contribution is -0.384. The van der Waals surface area contributed by atoms with Crippen LogP contribution in [0, 0.1) is 10.1 Å². The molecule has 6 nitrogen and oxygen atoms in total. The molecule has 0 aromatic heterocycles. The molecule has 1 heterocycles. The number of carbonyl (C=O) groups excluding carboxylic acids is 1. The fourth-order valence-corrected chi connectivity index (χ4v) is 2.43. The molecule has 2 aromatic rings. The van der Waals surface area contributed by atoms with E-state index in [0.717, 1.165) is 11.1 Å². The van der Waals surface area contributed by atoms with Gasteiger partial charge in [0.2, 0.25) is 0 Å². The van der Waals surface area contributed by atoms with Gasteiger partial charge in [-0.1, -0.05) is 12.1 Å². The number of hydrogen-bond acceptors (Lipinski definition) is 5. The molecular formula is C15H11NO5. The van der Waals surface area contributed by atoms with Gasteiger partial charge in [0, 0.05) is 28.8 Å². The number of ether oxygens (including phenoxy) is 2. The minimum absolute atomic E-state index is 0.105. The largest absolute Gasteiger partial charge is 0.496 e. The number of non-ortho nitro benzene ring substituents is 1. The van der Waals surface area contributed by atoms with Gasteiger partial charge in [-0.25, -0.2) is 4.79 Å². The van der Waals surface area contributed by atoms with Crippen LogP contribution in [0.2, 0.25) is 0 Å². The summed E-state index contributed by atoms with van der Waals surface area (Å²) in [5.41, 5.74) is 2.14. The monoisotopic (exact) mass is 285 g/mol. The minimum Gasteiger partial charge on any atom is -0.496 e. The lowest BCUT2D eigenvalue weighted by Crippen LogP contribution is -2.04. The van der Waals surface area contributed by atoms with E-state index in [1.54, 1.807) is 12.1 Å². The highest BCUT2D eigenvalue weighted by Crippen LogP contribution is 2.39. The number of benzene rings is 2. The Hall–Kier alpha value is -2.89. The molecule has 0 amide bonds. The third-order valence-corrected chi connectivity index (χ3v) is 3.39. The van der Waals surface area contributed by atoms with E-state index in [1.807, 2.05) is 12.1 Å². The third-order valence-electron chi connectivity index (χ3n) is 3.39. The fraction of sp³-hybridized carbons (Fsp3) is 0.133. The topological polar surface area (TPSA) is 78.7 Å². The van der Waals surface area contributed by atoms with Crippen LogP contribution in [0.3, 0.4) is 0 Å². The van der Waals surface area contributed by atoms with Gasteiger partial charge in [0.25, 0.3) is 5.69 Å². The number of nitro benzene ring substituents is 1. The lowest BCUT2D eigenvalue weighted by atomic mass is 9.95. The van der Waals surface area contributed by atoms with Gasteiger partial charge in [0.1, 0.15) is 12.4 Å². The van der Waals surface area contributed by atoms with Crippen LogP contribution in [0.5, 0.6) is 5.75 Å². The average molecular weight is 285 g/mol. The Morgan fingerprint density at radius 3 is 2.76 bits per heavy atom. The molecule has 106 valence electrons. The first-order valence-corrected chi connectivity index (χ1v) is 6.23. The molecule has 0 bridgehead atoms. The maximum absolute atomic E-state index is 12.1. The van der Waals surface area contributed by atoms with E-state index in [9.17, 15) is 14.9 Å². The van der Waals surface area contributed by atoms with Gasteiger partial charge < -0.3 is 9.47 Å². The number of rotatable bonds is 2. The normalized spacial score (nSPS) is 12.7. The molecule has 1 aliphatic heterocycles. The molecule has 0 fully saturated rings. The van der Waals surface area contributed by atoms with Crippen molar-refractivity contribution < 1.29 is 19.2 Å². The van der Waals surface area contributed by atoms with E-state index in [2.05, 4.69) is 0 Å². The smallest absolute Gasteiger partial charge is 0.339 e. The molecule has 0 saturated heterocycles. The summed E-state index contributed by atoms with van der Waals surface area (Å²) in [6.07, 6.45) is 0. The van der Waals surface area contributed by atoms with Gasteiger partial charge in [-0.15, -0.1) is 0 Å². The summed E-state index contributed by atoms with van der Waals surface area (Å²) in [5, 5.41) is 10.9. The van der Waals surface area contributed by atoms with Gasteiger partial charge in [-0.3, -0.25) is 10.1 Å². The average Bonchev–Trinajstić information content (AvgIpc) is 2.64. The maximum Gasteiger partial charge on any atom is 0.339 e. The summed E-state index contributed by atoms with van der Waals surface area (Å²) in [6.45, 7) is 0.105. The first kappa shape index (κ1) is 13.1. The second-order valence-corrected chi connectivity index (χ2v) is 4.56. The van der Waals surface area contributed by atoms with Crippen molar-refractivity contribution in [2.24, 2.45) is 0 Å². The molecule has 0 aliphatic carbocycles. The first-order valence-electron chi connectivity index (χ1n) is 6.23. The molecule has 0 radical (unpaired) electrons. The van der Waals surface area contributed by atoms with E-state index in [0.29, 0.717) is 11.3 Å². The Bertz CT molecular complexity index is 754. The summed E-state index contributed by atoms with van der Waals surface area (Å²) >= 11 is 0. The fourth-order valence-electron chi connectivity index (χ4n) is 2.43. The summed E-state index contributed by atoms with van der Waals surface area (Å²) < 4.78 is 10.5. The van der Waals surface area contributed by atoms with Crippen molar-refractivity contribution in [1.82, 2.24) is 0 Å². The lowest BCUT2D eigenvalue weighted by Gasteiger charge is -2.12. The quantitative estimate of drug-likeness (QED) is 0.481. The number of cyclic esters (lactones) is 1. The van der Waals surface area contributed by atoms with Crippen LogP contribution in [0.4, 0.5) is 5.69 Å². The number of nitro groups is 1. The second-order valence-electron chi connectivity index (χ2n) is 4.56. The standard InChI is InChI=1S/C15H11NO5/c1-20-13-4-2-3-9-8-21-15(17)12-7-10(16(18)19)5-6-11(12)14(9)13/h2-7H,8H2,1H3. The first-order chi connectivity index (χ1) is 10.1. The van der Waals surface area contributed by atoms with Crippen molar-refractivity contribution in [3.05, 3.63) is 57.6 Å². The van der Waals surface area contributed by atoms with E-state index >= 15 is 0 Å². The maximum atomic E-state index is 12.1. The van der Waals surface area contributed by atoms with Crippen LogP contribution in [-0.4, -0.2) is 18.0 Å².